The fourth-order valence-electron chi connectivity index (χ4n) is 4.26. The van der Waals surface area contributed by atoms with E-state index in [-0.39, 0.29) is 0 Å². The molecule has 104 valence electrons. The van der Waals surface area contributed by atoms with Gasteiger partial charge in [-0.1, -0.05) is 12.8 Å². The van der Waals surface area contributed by atoms with Crippen molar-refractivity contribution in [2.75, 3.05) is 13.1 Å². The molecule has 1 saturated heterocycles. The van der Waals surface area contributed by atoms with Gasteiger partial charge in [0.15, 0.2) is 0 Å². The average Bonchev–Trinajstić information content (AvgIpc) is 3.03. The molecule has 4 rings (SSSR count). The highest BCUT2D eigenvalue weighted by Gasteiger charge is 2.35. The summed E-state index contributed by atoms with van der Waals surface area (Å²) in [5, 5.41) is 3.89. The molecule has 3 atom stereocenters. The van der Waals surface area contributed by atoms with Gasteiger partial charge in [-0.15, -0.1) is 0 Å². The van der Waals surface area contributed by atoms with Gasteiger partial charge in [-0.2, -0.15) is 0 Å². The van der Waals surface area contributed by atoms with Crippen LogP contribution in [-0.2, 0) is 13.1 Å². The highest BCUT2D eigenvalue weighted by atomic mass is 15.2. The van der Waals surface area contributed by atoms with E-state index in [1.54, 1.807) is 0 Å². The number of imidazole rings is 1. The van der Waals surface area contributed by atoms with Crippen molar-refractivity contribution in [3.63, 3.8) is 0 Å². The first-order chi connectivity index (χ1) is 9.38. The smallest absolute Gasteiger partial charge is 0.122 e. The summed E-state index contributed by atoms with van der Waals surface area (Å²) < 4.78 is 2.29. The van der Waals surface area contributed by atoms with E-state index in [0.29, 0.717) is 0 Å². The molecule has 1 aromatic rings. The van der Waals surface area contributed by atoms with Crippen LogP contribution in [0.2, 0.25) is 0 Å². The third-order valence-electron chi connectivity index (χ3n) is 5.25. The van der Waals surface area contributed by atoms with E-state index in [0.717, 1.165) is 31.1 Å². The Kier molecular flexibility index (Phi) is 3.08. The molecule has 2 aliphatic heterocycles. The molecular weight excluding hydrogens is 236 g/mol. The molecule has 4 heteroatoms. The van der Waals surface area contributed by atoms with Gasteiger partial charge in [0.05, 0.1) is 6.54 Å². The molecule has 2 fully saturated rings. The van der Waals surface area contributed by atoms with Crippen molar-refractivity contribution in [1.82, 2.24) is 19.8 Å². The molecule has 0 aromatic carbocycles. The Morgan fingerprint density at radius 3 is 3.16 bits per heavy atom. The minimum Gasteiger partial charge on any atom is -0.333 e. The SMILES string of the molecule is c1cn2c(n1)CN(CC1CC3CCCCC3N1)CC2. The predicted molar refractivity (Wildman–Crippen MR) is 74.8 cm³/mol. The van der Waals surface area contributed by atoms with E-state index in [2.05, 4.69) is 26.0 Å². The summed E-state index contributed by atoms with van der Waals surface area (Å²) in [6.07, 6.45) is 11.2. The van der Waals surface area contributed by atoms with Gasteiger partial charge in [0, 0.05) is 44.1 Å². The first-order valence-electron chi connectivity index (χ1n) is 7.87. The molecule has 4 nitrogen and oxygen atoms in total. The van der Waals surface area contributed by atoms with Gasteiger partial charge in [-0.25, -0.2) is 4.98 Å². The largest absolute Gasteiger partial charge is 0.333 e. The maximum Gasteiger partial charge on any atom is 0.122 e. The summed E-state index contributed by atoms with van der Waals surface area (Å²) in [6.45, 7) is 4.52. The molecule has 1 aromatic heterocycles. The number of aromatic nitrogens is 2. The Labute approximate surface area is 115 Å². The normalized spacial score (nSPS) is 35.1. The molecule has 3 aliphatic rings. The summed E-state index contributed by atoms with van der Waals surface area (Å²) in [5.74, 6) is 2.20. The van der Waals surface area contributed by atoms with Crippen LogP contribution in [0.4, 0.5) is 0 Å². The standard InChI is InChI=1S/C15H24N4/c1-2-4-14-12(3-1)9-13(17-14)10-18-7-8-19-6-5-16-15(19)11-18/h5-6,12-14,17H,1-4,7-11H2. The zero-order valence-corrected chi connectivity index (χ0v) is 11.6. The maximum absolute atomic E-state index is 4.45. The van der Waals surface area contributed by atoms with Gasteiger partial charge in [0.1, 0.15) is 5.82 Å². The molecule has 19 heavy (non-hydrogen) atoms. The Morgan fingerprint density at radius 2 is 2.21 bits per heavy atom. The van der Waals surface area contributed by atoms with E-state index in [1.807, 2.05) is 6.20 Å². The molecule has 1 saturated carbocycles. The molecule has 0 spiro atoms. The van der Waals surface area contributed by atoms with Gasteiger partial charge in [-0.3, -0.25) is 4.90 Å². The summed E-state index contributed by atoms with van der Waals surface area (Å²) in [7, 11) is 0. The third kappa shape index (κ3) is 2.32. The lowest BCUT2D eigenvalue weighted by Gasteiger charge is -2.30. The van der Waals surface area contributed by atoms with Crippen LogP contribution < -0.4 is 5.32 Å². The summed E-state index contributed by atoms with van der Waals surface area (Å²) in [5.41, 5.74) is 0. The molecule has 0 bridgehead atoms. The number of nitrogens with one attached hydrogen (secondary N) is 1. The van der Waals surface area contributed by atoms with Crippen LogP contribution in [0.15, 0.2) is 12.4 Å². The zero-order valence-electron chi connectivity index (χ0n) is 11.6. The molecule has 1 aliphatic carbocycles. The Bertz CT molecular complexity index is 427. The van der Waals surface area contributed by atoms with Crippen LogP contribution in [0.5, 0.6) is 0 Å². The number of hydrogen-bond acceptors (Lipinski definition) is 3. The van der Waals surface area contributed by atoms with E-state index >= 15 is 0 Å². The molecule has 1 N–H and O–H groups in total. The van der Waals surface area contributed by atoms with E-state index in [1.165, 1.54) is 51.0 Å². The second-order valence-electron chi connectivity index (χ2n) is 6.52. The fourth-order valence-corrected chi connectivity index (χ4v) is 4.26. The van der Waals surface area contributed by atoms with Gasteiger partial charge in [0.25, 0.3) is 0 Å². The highest BCUT2D eigenvalue weighted by Crippen LogP contribution is 2.33. The number of nitrogens with zero attached hydrogens (tertiary/aromatic N) is 3. The van der Waals surface area contributed by atoms with Crippen molar-refractivity contribution in [2.45, 2.75) is 57.3 Å². The van der Waals surface area contributed by atoms with Crippen LogP contribution in [0.25, 0.3) is 0 Å². The van der Waals surface area contributed by atoms with Gasteiger partial charge in [-0.05, 0) is 25.2 Å². The van der Waals surface area contributed by atoms with Gasteiger partial charge < -0.3 is 9.88 Å². The second kappa shape index (κ2) is 4.91. The van der Waals surface area contributed by atoms with E-state index < -0.39 is 0 Å². The van der Waals surface area contributed by atoms with Crippen LogP contribution in [0.1, 0.15) is 37.9 Å². The highest BCUT2D eigenvalue weighted by molar-refractivity contribution is 4.98. The van der Waals surface area contributed by atoms with E-state index in [4.69, 9.17) is 0 Å². The quantitative estimate of drug-likeness (QED) is 0.877. The number of hydrogen-bond donors (Lipinski definition) is 1. The maximum atomic E-state index is 4.45. The minimum absolute atomic E-state index is 0.717. The summed E-state index contributed by atoms with van der Waals surface area (Å²) in [6, 6.07) is 1.54. The zero-order chi connectivity index (χ0) is 12.7. The molecule has 3 heterocycles. The van der Waals surface area contributed by atoms with Crippen LogP contribution in [-0.4, -0.2) is 39.6 Å². The summed E-state index contributed by atoms with van der Waals surface area (Å²) >= 11 is 0. The van der Waals surface area contributed by atoms with Crippen molar-refractivity contribution in [3.8, 4) is 0 Å². The Balaban J connectivity index is 1.36. The van der Waals surface area contributed by atoms with Gasteiger partial charge in [0.2, 0.25) is 0 Å². The van der Waals surface area contributed by atoms with Crippen molar-refractivity contribution in [2.24, 2.45) is 5.92 Å². The topological polar surface area (TPSA) is 33.1 Å². The first-order valence-corrected chi connectivity index (χ1v) is 7.87. The average molecular weight is 260 g/mol. The van der Waals surface area contributed by atoms with E-state index in [9.17, 15) is 0 Å². The molecular formula is C15H24N4. The number of fused-ring (bicyclic) bond motifs is 2. The van der Waals surface area contributed by atoms with Crippen LogP contribution in [0.3, 0.4) is 0 Å². The number of rotatable bonds is 2. The summed E-state index contributed by atoms with van der Waals surface area (Å²) in [4.78, 5) is 7.04. The first kappa shape index (κ1) is 11.9. The van der Waals surface area contributed by atoms with Crippen LogP contribution in [0, 0.1) is 5.92 Å². The second-order valence-corrected chi connectivity index (χ2v) is 6.52. The van der Waals surface area contributed by atoms with Gasteiger partial charge >= 0.3 is 0 Å². The fraction of sp³-hybridized carbons (Fsp3) is 0.800. The predicted octanol–water partition coefficient (Wildman–Crippen LogP) is 1.62. The lowest BCUT2D eigenvalue weighted by molar-refractivity contribution is 0.197. The Hall–Kier alpha value is -0.870. The molecule has 3 unspecified atom stereocenters. The lowest BCUT2D eigenvalue weighted by Crippen LogP contribution is -2.43. The van der Waals surface area contributed by atoms with Crippen molar-refractivity contribution in [3.05, 3.63) is 18.2 Å². The van der Waals surface area contributed by atoms with Crippen molar-refractivity contribution < 1.29 is 0 Å². The van der Waals surface area contributed by atoms with Crippen molar-refractivity contribution in [1.29, 1.82) is 0 Å². The minimum atomic E-state index is 0.717. The van der Waals surface area contributed by atoms with Crippen molar-refractivity contribution >= 4 is 0 Å². The molecule has 0 amide bonds. The Morgan fingerprint density at radius 1 is 1.26 bits per heavy atom. The third-order valence-corrected chi connectivity index (χ3v) is 5.25. The lowest BCUT2D eigenvalue weighted by atomic mass is 9.85. The monoisotopic (exact) mass is 260 g/mol. The van der Waals surface area contributed by atoms with Crippen LogP contribution >= 0.6 is 0 Å². The molecule has 0 radical (unpaired) electrons.